The highest BCUT2D eigenvalue weighted by Gasteiger charge is 2.32. The van der Waals surface area contributed by atoms with Crippen molar-refractivity contribution in [1.82, 2.24) is 14.7 Å². The van der Waals surface area contributed by atoms with Gasteiger partial charge in [0.05, 0.1) is 6.04 Å². The van der Waals surface area contributed by atoms with Crippen LogP contribution in [0, 0.1) is 0 Å². The molecule has 33 heavy (non-hydrogen) atoms. The van der Waals surface area contributed by atoms with Crippen molar-refractivity contribution < 1.29 is 14.6 Å². The van der Waals surface area contributed by atoms with Crippen molar-refractivity contribution in [1.29, 1.82) is 0 Å². The molecule has 1 atom stereocenters. The number of hydrogen-bond acceptors (Lipinski definition) is 6. The first-order valence-corrected chi connectivity index (χ1v) is 12.0. The van der Waals surface area contributed by atoms with Gasteiger partial charge in [-0.1, -0.05) is 42.5 Å². The first-order valence-electron chi connectivity index (χ1n) is 12.0. The molecule has 2 saturated heterocycles. The Labute approximate surface area is 197 Å². The fraction of sp³-hybridized carbons (Fsp3) is 0.500. The van der Waals surface area contributed by atoms with Crippen molar-refractivity contribution >= 4 is 11.8 Å². The number of benzene rings is 2. The summed E-state index contributed by atoms with van der Waals surface area (Å²) in [6, 6.07) is 18.4. The van der Waals surface area contributed by atoms with Gasteiger partial charge in [-0.3, -0.25) is 9.80 Å². The molecule has 0 aromatic heterocycles. The summed E-state index contributed by atoms with van der Waals surface area (Å²) in [6.07, 6.45) is 0.584. The lowest BCUT2D eigenvalue weighted by Crippen LogP contribution is -2.49. The van der Waals surface area contributed by atoms with Crippen LogP contribution < -0.4 is 4.90 Å². The van der Waals surface area contributed by atoms with Crippen LogP contribution in [0.15, 0.2) is 54.6 Å². The smallest absolute Gasteiger partial charge is 0.410 e. The molecule has 0 radical (unpaired) electrons. The number of rotatable bonds is 7. The topological polar surface area (TPSA) is 59.5 Å². The van der Waals surface area contributed by atoms with E-state index >= 15 is 0 Å². The third-order valence-electron chi connectivity index (χ3n) is 6.65. The highest BCUT2D eigenvalue weighted by atomic mass is 16.6. The van der Waals surface area contributed by atoms with E-state index < -0.39 is 0 Å². The van der Waals surface area contributed by atoms with Crippen molar-refractivity contribution in [2.24, 2.45) is 0 Å². The van der Waals surface area contributed by atoms with Crippen molar-refractivity contribution in [2.45, 2.75) is 19.1 Å². The summed E-state index contributed by atoms with van der Waals surface area (Å²) < 4.78 is 5.68. The number of carbonyl (C=O) groups is 1. The minimum atomic E-state index is -0.250. The van der Waals surface area contributed by atoms with Crippen molar-refractivity contribution in [3.63, 3.8) is 0 Å². The van der Waals surface area contributed by atoms with Gasteiger partial charge >= 0.3 is 6.09 Å². The quantitative estimate of drug-likeness (QED) is 0.697. The number of aliphatic hydroxyl groups is 1. The molecule has 178 valence electrons. The molecule has 2 aromatic rings. The van der Waals surface area contributed by atoms with Gasteiger partial charge in [0.2, 0.25) is 0 Å². The second-order valence-corrected chi connectivity index (χ2v) is 9.01. The Bertz CT molecular complexity index is 886. The molecule has 0 aliphatic carbocycles. The van der Waals surface area contributed by atoms with E-state index in [1.807, 2.05) is 35.2 Å². The van der Waals surface area contributed by atoms with Crippen molar-refractivity contribution in [2.75, 3.05) is 70.9 Å². The molecule has 2 aliphatic heterocycles. The van der Waals surface area contributed by atoms with E-state index in [-0.39, 0.29) is 18.7 Å². The van der Waals surface area contributed by atoms with Gasteiger partial charge in [0.15, 0.2) is 0 Å². The number of aliphatic hydroxyl groups excluding tert-OH is 1. The van der Waals surface area contributed by atoms with E-state index in [4.69, 9.17) is 9.84 Å². The summed E-state index contributed by atoms with van der Waals surface area (Å²) in [5, 5.41) is 9.07. The minimum Gasteiger partial charge on any atom is -0.445 e. The van der Waals surface area contributed by atoms with Crippen molar-refractivity contribution in [3.8, 4) is 0 Å². The van der Waals surface area contributed by atoms with E-state index in [2.05, 4.69) is 46.0 Å². The molecule has 2 aliphatic rings. The number of likely N-dealkylation sites (N-methyl/N-ethyl adjacent to an activating group) is 1. The van der Waals surface area contributed by atoms with Gasteiger partial charge in [0.1, 0.15) is 6.61 Å². The summed E-state index contributed by atoms with van der Waals surface area (Å²) in [5.74, 6) is 0. The monoisotopic (exact) mass is 452 g/mol. The Morgan fingerprint density at radius 3 is 2.55 bits per heavy atom. The molecule has 1 amide bonds. The van der Waals surface area contributed by atoms with E-state index in [0.717, 1.165) is 63.4 Å². The average Bonchev–Trinajstić information content (AvgIpc) is 2.87. The summed E-state index contributed by atoms with van der Waals surface area (Å²) in [6.45, 7) is 7.75. The number of hydrogen-bond donors (Lipinski definition) is 1. The van der Waals surface area contributed by atoms with Gasteiger partial charge in [-0.25, -0.2) is 4.79 Å². The zero-order valence-corrected chi connectivity index (χ0v) is 19.6. The van der Waals surface area contributed by atoms with Gasteiger partial charge in [0.25, 0.3) is 0 Å². The summed E-state index contributed by atoms with van der Waals surface area (Å²) in [4.78, 5) is 22.0. The third-order valence-corrected chi connectivity index (χ3v) is 6.65. The predicted octanol–water partition coefficient (Wildman–Crippen LogP) is 2.82. The number of ether oxygens (including phenoxy) is 1. The maximum atomic E-state index is 13.0. The Morgan fingerprint density at radius 2 is 1.79 bits per heavy atom. The molecular weight excluding hydrogens is 416 g/mol. The molecule has 2 aromatic carbocycles. The highest BCUT2D eigenvalue weighted by Crippen LogP contribution is 2.29. The molecule has 4 rings (SSSR count). The SMILES string of the molecule is CN1CCN(C(=O)OCc2ccccc2)C(c2cccc(N3CCN(CCCO)CC3)c2)C1. The van der Waals surface area contributed by atoms with Crippen LogP contribution in [0.5, 0.6) is 0 Å². The van der Waals surface area contributed by atoms with E-state index in [0.29, 0.717) is 13.2 Å². The predicted molar refractivity (Wildman–Crippen MR) is 130 cm³/mol. The minimum absolute atomic E-state index is 0.0298. The fourth-order valence-corrected chi connectivity index (χ4v) is 4.68. The average molecular weight is 453 g/mol. The van der Waals surface area contributed by atoms with Gasteiger partial charge in [0, 0.05) is 64.7 Å². The Kier molecular flexibility index (Phi) is 8.20. The van der Waals surface area contributed by atoms with Gasteiger partial charge in [-0.2, -0.15) is 0 Å². The molecule has 7 nitrogen and oxygen atoms in total. The van der Waals surface area contributed by atoms with Crippen LogP contribution in [0.2, 0.25) is 0 Å². The zero-order valence-electron chi connectivity index (χ0n) is 19.6. The molecule has 0 spiro atoms. The number of anilines is 1. The van der Waals surface area contributed by atoms with E-state index in [1.165, 1.54) is 5.69 Å². The van der Waals surface area contributed by atoms with Crippen LogP contribution in [0.3, 0.4) is 0 Å². The zero-order chi connectivity index (χ0) is 23.0. The van der Waals surface area contributed by atoms with Gasteiger partial charge in [-0.15, -0.1) is 0 Å². The molecule has 0 bridgehead atoms. The molecule has 1 unspecified atom stereocenters. The lowest BCUT2D eigenvalue weighted by atomic mass is 10.0. The highest BCUT2D eigenvalue weighted by molar-refractivity contribution is 5.69. The van der Waals surface area contributed by atoms with Crippen LogP contribution in [0.4, 0.5) is 10.5 Å². The maximum Gasteiger partial charge on any atom is 0.410 e. The number of amides is 1. The first-order chi connectivity index (χ1) is 16.1. The summed E-state index contributed by atoms with van der Waals surface area (Å²) >= 11 is 0. The fourth-order valence-electron chi connectivity index (χ4n) is 4.68. The summed E-state index contributed by atoms with van der Waals surface area (Å²) in [5.41, 5.74) is 3.36. The standard InChI is InChI=1S/C26H36N4O3/c1-27-12-17-30(26(32)33-21-22-7-3-2-4-8-22)25(20-27)23-9-5-10-24(19-23)29-15-13-28(14-16-29)11-6-18-31/h2-5,7-10,19,25,31H,6,11-18,20-21H2,1H3. The second-order valence-electron chi connectivity index (χ2n) is 9.01. The second kappa shape index (κ2) is 11.5. The Balaban J connectivity index is 1.42. The molecule has 2 heterocycles. The van der Waals surface area contributed by atoms with E-state index in [9.17, 15) is 4.79 Å². The summed E-state index contributed by atoms with van der Waals surface area (Å²) in [7, 11) is 2.11. The van der Waals surface area contributed by atoms with Crippen LogP contribution >= 0.6 is 0 Å². The van der Waals surface area contributed by atoms with Crippen LogP contribution in [0.1, 0.15) is 23.6 Å². The lowest BCUT2D eigenvalue weighted by Gasteiger charge is -2.40. The van der Waals surface area contributed by atoms with Crippen LogP contribution in [0.25, 0.3) is 0 Å². The van der Waals surface area contributed by atoms with Crippen LogP contribution in [-0.4, -0.2) is 91.9 Å². The van der Waals surface area contributed by atoms with Crippen LogP contribution in [-0.2, 0) is 11.3 Å². The molecular formula is C26H36N4O3. The Hall–Kier alpha value is -2.61. The van der Waals surface area contributed by atoms with Crippen molar-refractivity contribution in [3.05, 3.63) is 65.7 Å². The maximum absolute atomic E-state index is 13.0. The van der Waals surface area contributed by atoms with Gasteiger partial charge in [-0.05, 0) is 36.7 Å². The largest absolute Gasteiger partial charge is 0.445 e. The number of piperazine rings is 2. The third kappa shape index (κ3) is 6.25. The molecule has 0 saturated carbocycles. The van der Waals surface area contributed by atoms with Gasteiger partial charge < -0.3 is 19.6 Å². The first kappa shape index (κ1) is 23.5. The lowest BCUT2D eigenvalue weighted by molar-refractivity contribution is 0.0491. The Morgan fingerprint density at radius 1 is 1.00 bits per heavy atom. The van der Waals surface area contributed by atoms with E-state index in [1.54, 1.807) is 0 Å². The molecule has 7 heteroatoms. The number of carbonyl (C=O) groups excluding carboxylic acids is 1. The molecule has 2 fully saturated rings. The molecule has 1 N–H and O–H groups in total. The number of nitrogens with zero attached hydrogens (tertiary/aromatic N) is 4. The normalized spacial score (nSPS) is 20.1.